The highest BCUT2D eigenvalue weighted by Gasteiger charge is 2.30. The predicted molar refractivity (Wildman–Crippen MR) is 105 cm³/mol. The Labute approximate surface area is 168 Å². The Balaban J connectivity index is 1.53. The Morgan fingerprint density at radius 2 is 1.78 bits per heavy atom. The summed E-state index contributed by atoms with van der Waals surface area (Å²) in [5.41, 5.74) is -0.247. The van der Waals surface area contributed by atoms with Crippen molar-refractivity contribution in [3.05, 3.63) is 50.9 Å². The lowest BCUT2D eigenvalue weighted by molar-refractivity contribution is 0.384. The van der Waals surface area contributed by atoms with Crippen molar-refractivity contribution in [2.45, 2.75) is 4.90 Å². The van der Waals surface area contributed by atoms with E-state index >= 15 is 0 Å². The van der Waals surface area contributed by atoms with Crippen molar-refractivity contribution in [2.24, 2.45) is 0 Å². The smallest absolute Gasteiger partial charge is 0.275 e. The molecule has 0 atom stereocenters. The van der Waals surface area contributed by atoms with Crippen LogP contribution >= 0.6 is 34.5 Å². The fourth-order valence-corrected chi connectivity index (χ4v) is 5.51. The third-order valence-corrected chi connectivity index (χ3v) is 7.82. The van der Waals surface area contributed by atoms with E-state index in [0.717, 1.165) is 0 Å². The number of hydrogen-bond donors (Lipinski definition) is 0. The lowest BCUT2D eigenvalue weighted by Crippen LogP contribution is -2.48. The average molecular weight is 446 g/mol. The topological polar surface area (TPSA) is 87.9 Å². The zero-order valence-corrected chi connectivity index (χ0v) is 16.9. The number of hydrogen-bond acceptors (Lipinski definition) is 7. The van der Waals surface area contributed by atoms with Crippen molar-refractivity contribution in [2.75, 3.05) is 31.1 Å². The van der Waals surface area contributed by atoms with Gasteiger partial charge < -0.3 is 4.90 Å². The van der Waals surface area contributed by atoms with E-state index in [9.17, 15) is 13.2 Å². The van der Waals surface area contributed by atoms with Crippen LogP contribution < -0.4 is 10.5 Å². The van der Waals surface area contributed by atoms with E-state index in [-0.39, 0.29) is 15.5 Å². The predicted octanol–water partition coefficient (Wildman–Crippen LogP) is 1.97. The number of halogens is 2. The van der Waals surface area contributed by atoms with Gasteiger partial charge in [0.05, 0.1) is 14.9 Å². The van der Waals surface area contributed by atoms with Gasteiger partial charge in [-0.15, -0.1) is 5.10 Å². The normalized spacial score (nSPS) is 16.1. The molecule has 3 heterocycles. The number of sulfonamides is 1. The van der Waals surface area contributed by atoms with Crippen LogP contribution in [0.4, 0.5) is 5.13 Å². The monoisotopic (exact) mass is 445 g/mol. The number of benzene rings is 1. The molecule has 4 rings (SSSR count). The number of piperazine rings is 1. The molecule has 0 spiro atoms. The fourth-order valence-electron chi connectivity index (χ4n) is 2.77. The number of fused-ring (bicyclic) bond motifs is 1. The van der Waals surface area contributed by atoms with E-state index in [1.54, 1.807) is 0 Å². The molecule has 1 fully saturated rings. The second-order valence-electron chi connectivity index (χ2n) is 5.83. The standard InChI is InChI=1S/C15H13Cl2N5O3S2/c16-11-2-1-10(9-12(11)17)27(24,25)21-7-5-20(6-8-21)15-19-22-13(23)3-4-18-14(22)26-15/h1-4,9H,5-8H2. The Morgan fingerprint density at radius 1 is 1.04 bits per heavy atom. The maximum absolute atomic E-state index is 12.8. The highest BCUT2D eigenvalue weighted by Crippen LogP contribution is 2.28. The first-order valence-electron chi connectivity index (χ1n) is 7.91. The lowest BCUT2D eigenvalue weighted by atomic mass is 10.4. The van der Waals surface area contributed by atoms with Gasteiger partial charge in [0.2, 0.25) is 20.1 Å². The van der Waals surface area contributed by atoms with Gasteiger partial charge in [-0.05, 0) is 18.2 Å². The van der Waals surface area contributed by atoms with Crippen LogP contribution in [-0.2, 0) is 10.0 Å². The SMILES string of the molecule is O=c1ccnc2sc(N3CCN(S(=O)(=O)c4ccc(Cl)c(Cl)c4)CC3)nn12. The molecular weight excluding hydrogens is 433 g/mol. The summed E-state index contributed by atoms with van der Waals surface area (Å²) >= 11 is 13.1. The van der Waals surface area contributed by atoms with E-state index in [4.69, 9.17) is 23.2 Å². The summed E-state index contributed by atoms with van der Waals surface area (Å²) in [6.07, 6.45) is 1.45. The summed E-state index contributed by atoms with van der Waals surface area (Å²) in [6, 6.07) is 5.62. The first-order valence-corrected chi connectivity index (χ1v) is 10.9. The van der Waals surface area contributed by atoms with Gasteiger partial charge in [-0.1, -0.05) is 34.5 Å². The van der Waals surface area contributed by atoms with E-state index in [2.05, 4.69) is 10.1 Å². The molecule has 0 N–H and O–H groups in total. The zero-order valence-electron chi connectivity index (χ0n) is 13.7. The van der Waals surface area contributed by atoms with E-state index in [0.29, 0.717) is 41.3 Å². The van der Waals surface area contributed by atoms with Crippen LogP contribution in [0, 0.1) is 0 Å². The molecule has 1 aromatic carbocycles. The minimum absolute atomic E-state index is 0.112. The van der Waals surface area contributed by atoms with Gasteiger partial charge in [0.25, 0.3) is 5.56 Å². The van der Waals surface area contributed by atoms with Gasteiger partial charge in [0.15, 0.2) is 0 Å². The van der Waals surface area contributed by atoms with Crippen LogP contribution in [0.3, 0.4) is 0 Å². The van der Waals surface area contributed by atoms with Crippen LogP contribution in [0.25, 0.3) is 4.96 Å². The number of aromatic nitrogens is 3. The van der Waals surface area contributed by atoms with E-state index < -0.39 is 10.0 Å². The molecule has 0 radical (unpaired) electrons. The van der Waals surface area contributed by atoms with Gasteiger partial charge in [-0.3, -0.25) is 4.79 Å². The third kappa shape index (κ3) is 3.43. The molecule has 8 nitrogen and oxygen atoms in total. The second kappa shape index (κ2) is 7.02. The fraction of sp³-hybridized carbons (Fsp3) is 0.267. The second-order valence-corrected chi connectivity index (χ2v) is 9.52. The van der Waals surface area contributed by atoms with Crippen molar-refractivity contribution in [3.63, 3.8) is 0 Å². The molecule has 1 saturated heterocycles. The molecule has 27 heavy (non-hydrogen) atoms. The number of anilines is 1. The molecule has 0 bridgehead atoms. The Bertz CT molecular complexity index is 1170. The molecule has 0 unspecified atom stereocenters. The van der Waals surface area contributed by atoms with Crippen LogP contribution in [0.15, 0.2) is 40.2 Å². The molecule has 142 valence electrons. The van der Waals surface area contributed by atoms with Crippen LogP contribution in [0.1, 0.15) is 0 Å². The molecule has 12 heteroatoms. The molecule has 1 aliphatic heterocycles. The van der Waals surface area contributed by atoms with Crippen molar-refractivity contribution in [3.8, 4) is 0 Å². The summed E-state index contributed by atoms with van der Waals surface area (Å²) < 4.78 is 28.3. The van der Waals surface area contributed by atoms with Gasteiger partial charge in [-0.2, -0.15) is 8.82 Å². The van der Waals surface area contributed by atoms with E-state index in [1.807, 2.05) is 4.90 Å². The highest BCUT2D eigenvalue weighted by atomic mass is 35.5. The number of rotatable bonds is 3. The van der Waals surface area contributed by atoms with Gasteiger partial charge >= 0.3 is 0 Å². The molecule has 1 aliphatic rings. The first kappa shape index (κ1) is 18.6. The van der Waals surface area contributed by atoms with Crippen molar-refractivity contribution in [1.29, 1.82) is 0 Å². The lowest BCUT2D eigenvalue weighted by Gasteiger charge is -2.33. The quantitative estimate of drug-likeness (QED) is 0.612. The summed E-state index contributed by atoms with van der Waals surface area (Å²) in [5.74, 6) is 0. The van der Waals surface area contributed by atoms with Crippen LogP contribution in [0.5, 0.6) is 0 Å². The molecule has 2 aromatic heterocycles. The first-order chi connectivity index (χ1) is 12.9. The number of nitrogens with zero attached hydrogens (tertiary/aromatic N) is 5. The van der Waals surface area contributed by atoms with Gasteiger partial charge in [0.1, 0.15) is 0 Å². The molecular formula is C15H13Cl2N5O3S2. The maximum Gasteiger partial charge on any atom is 0.275 e. The van der Waals surface area contributed by atoms with Gasteiger partial charge in [-0.25, -0.2) is 13.4 Å². The minimum atomic E-state index is -3.66. The third-order valence-electron chi connectivity index (χ3n) is 4.20. The summed E-state index contributed by atoms with van der Waals surface area (Å²) in [4.78, 5) is 18.5. The molecule has 0 amide bonds. The summed E-state index contributed by atoms with van der Waals surface area (Å²) in [5, 5.41) is 5.43. The average Bonchev–Trinajstić information content (AvgIpc) is 3.10. The minimum Gasteiger partial charge on any atom is -0.344 e. The molecule has 0 saturated carbocycles. The Morgan fingerprint density at radius 3 is 2.44 bits per heavy atom. The summed E-state index contributed by atoms with van der Waals surface area (Å²) in [7, 11) is -3.66. The Hall–Kier alpha value is -1.72. The largest absolute Gasteiger partial charge is 0.344 e. The maximum atomic E-state index is 12.8. The van der Waals surface area contributed by atoms with Crippen molar-refractivity contribution in [1.82, 2.24) is 18.9 Å². The Kier molecular flexibility index (Phi) is 4.85. The molecule has 0 aliphatic carbocycles. The highest BCUT2D eigenvalue weighted by molar-refractivity contribution is 7.89. The van der Waals surface area contributed by atoms with Crippen LogP contribution in [-0.4, -0.2) is 53.5 Å². The van der Waals surface area contributed by atoms with Crippen LogP contribution in [0.2, 0.25) is 10.0 Å². The zero-order chi connectivity index (χ0) is 19.2. The molecule has 3 aromatic rings. The van der Waals surface area contributed by atoms with E-state index in [1.165, 1.54) is 50.6 Å². The van der Waals surface area contributed by atoms with Crippen molar-refractivity contribution < 1.29 is 8.42 Å². The summed E-state index contributed by atoms with van der Waals surface area (Å²) in [6.45, 7) is 1.49. The van der Waals surface area contributed by atoms with Crippen molar-refractivity contribution >= 4 is 54.7 Å². The van der Waals surface area contributed by atoms with Gasteiger partial charge in [0, 0.05) is 38.4 Å².